The zero-order chi connectivity index (χ0) is 12.3. The maximum atomic E-state index is 12.1. The van der Waals surface area contributed by atoms with E-state index in [1.807, 2.05) is 37.4 Å². The number of unbranched alkanes of at least 4 members (excludes halogenated alkanes) is 1. The number of rotatable bonds is 4. The van der Waals surface area contributed by atoms with Crippen LogP contribution >= 0.6 is 0 Å². The summed E-state index contributed by atoms with van der Waals surface area (Å²) in [7, 11) is 1.83. The molecule has 0 unspecified atom stereocenters. The van der Waals surface area contributed by atoms with Gasteiger partial charge in [-0.2, -0.15) is 0 Å². The molecule has 2 aromatic rings. The molecule has 0 fully saturated rings. The van der Waals surface area contributed by atoms with E-state index in [4.69, 9.17) is 5.73 Å². The van der Waals surface area contributed by atoms with E-state index in [1.165, 1.54) is 0 Å². The van der Waals surface area contributed by atoms with Crippen molar-refractivity contribution in [3.05, 3.63) is 46.2 Å². The van der Waals surface area contributed by atoms with Gasteiger partial charge in [0, 0.05) is 12.6 Å². The van der Waals surface area contributed by atoms with Crippen LogP contribution in [0.2, 0.25) is 0 Å². The molecule has 2 N–H and O–H groups in total. The molecule has 90 valence electrons. The van der Waals surface area contributed by atoms with E-state index < -0.39 is 0 Å². The average Bonchev–Trinajstić information content (AvgIpc) is 2.35. The Morgan fingerprint density at radius 2 is 2.00 bits per heavy atom. The molecule has 0 aliphatic heterocycles. The SMILES string of the molecule is Cn1c(=O)c(CCCCN)cc2ccccc21. The second-order valence-corrected chi connectivity index (χ2v) is 4.34. The van der Waals surface area contributed by atoms with Crippen LogP contribution in [0.25, 0.3) is 10.9 Å². The molecule has 17 heavy (non-hydrogen) atoms. The Hall–Kier alpha value is -1.61. The van der Waals surface area contributed by atoms with Crippen molar-refractivity contribution in [3.8, 4) is 0 Å². The zero-order valence-electron chi connectivity index (χ0n) is 10.1. The Morgan fingerprint density at radius 1 is 1.24 bits per heavy atom. The van der Waals surface area contributed by atoms with Crippen molar-refractivity contribution in [2.45, 2.75) is 19.3 Å². The van der Waals surface area contributed by atoms with Gasteiger partial charge in [-0.1, -0.05) is 18.2 Å². The van der Waals surface area contributed by atoms with Crippen LogP contribution in [-0.2, 0) is 13.5 Å². The van der Waals surface area contributed by atoms with Gasteiger partial charge in [-0.15, -0.1) is 0 Å². The van der Waals surface area contributed by atoms with Crippen molar-refractivity contribution in [1.82, 2.24) is 4.57 Å². The number of fused-ring (bicyclic) bond motifs is 1. The number of aromatic nitrogens is 1. The molecule has 0 aliphatic rings. The van der Waals surface area contributed by atoms with Crippen molar-refractivity contribution in [2.75, 3.05) is 6.54 Å². The van der Waals surface area contributed by atoms with Gasteiger partial charge in [0.1, 0.15) is 0 Å². The summed E-state index contributed by atoms with van der Waals surface area (Å²) >= 11 is 0. The Kier molecular flexibility index (Phi) is 3.59. The summed E-state index contributed by atoms with van der Waals surface area (Å²) in [4.78, 5) is 12.1. The molecule has 0 spiro atoms. The maximum absolute atomic E-state index is 12.1. The number of nitrogens with two attached hydrogens (primary N) is 1. The quantitative estimate of drug-likeness (QED) is 0.814. The molecule has 0 atom stereocenters. The Morgan fingerprint density at radius 3 is 2.76 bits per heavy atom. The molecule has 0 aliphatic carbocycles. The van der Waals surface area contributed by atoms with Crippen LogP contribution in [0, 0.1) is 0 Å². The van der Waals surface area contributed by atoms with Gasteiger partial charge in [-0.25, -0.2) is 0 Å². The summed E-state index contributed by atoms with van der Waals surface area (Å²) < 4.78 is 1.73. The van der Waals surface area contributed by atoms with E-state index in [0.717, 1.165) is 35.7 Å². The summed E-state index contributed by atoms with van der Waals surface area (Å²) in [5.41, 5.74) is 7.45. The lowest BCUT2D eigenvalue weighted by Gasteiger charge is -2.08. The van der Waals surface area contributed by atoms with Gasteiger partial charge >= 0.3 is 0 Å². The van der Waals surface area contributed by atoms with E-state index >= 15 is 0 Å². The number of hydrogen-bond acceptors (Lipinski definition) is 2. The van der Waals surface area contributed by atoms with Gasteiger partial charge in [0.2, 0.25) is 0 Å². The highest BCUT2D eigenvalue weighted by molar-refractivity contribution is 5.79. The van der Waals surface area contributed by atoms with Gasteiger partial charge in [0.25, 0.3) is 5.56 Å². The van der Waals surface area contributed by atoms with E-state index in [-0.39, 0.29) is 5.56 Å². The third-order valence-corrected chi connectivity index (χ3v) is 3.11. The number of hydrogen-bond donors (Lipinski definition) is 1. The van der Waals surface area contributed by atoms with Gasteiger partial charge in [-0.3, -0.25) is 4.79 Å². The lowest BCUT2D eigenvalue weighted by atomic mass is 10.1. The molecule has 0 radical (unpaired) electrons. The molecule has 0 saturated carbocycles. The molecule has 1 heterocycles. The van der Waals surface area contributed by atoms with Gasteiger partial charge < -0.3 is 10.3 Å². The highest BCUT2D eigenvalue weighted by Crippen LogP contribution is 2.13. The zero-order valence-corrected chi connectivity index (χ0v) is 10.1. The molecular weight excluding hydrogens is 212 g/mol. The van der Waals surface area contributed by atoms with E-state index in [2.05, 4.69) is 0 Å². The highest BCUT2D eigenvalue weighted by atomic mass is 16.1. The predicted molar refractivity (Wildman–Crippen MR) is 71.2 cm³/mol. The topological polar surface area (TPSA) is 48.0 Å². The monoisotopic (exact) mass is 230 g/mol. The van der Waals surface area contributed by atoms with Crippen LogP contribution in [-0.4, -0.2) is 11.1 Å². The lowest BCUT2D eigenvalue weighted by Crippen LogP contribution is -2.21. The molecule has 1 aromatic carbocycles. The molecule has 1 aromatic heterocycles. The van der Waals surface area contributed by atoms with Crippen molar-refractivity contribution in [2.24, 2.45) is 12.8 Å². The number of pyridine rings is 1. The first-order valence-electron chi connectivity index (χ1n) is 6.02. The summed E-state index contributed by atoms with van der Waals surface area (Å²) in [6.45, 7) is 0.688. The summed E-state index contributed by atoms with van der Waals surface area (Å²) in [6, 6.07) is 9.97. The van der Waals surface area contributed by atoms with Crippen molar-refractivity contribution in [3.63, 3.8) is 0 Å². The Labute approximate surface area is 101 Å². The highest BCUT2D eigenvalue weighted by Gasteiger charge is 2.05. The van der Waals surface area contributed by atoms with Gasteiger partial charge in [0.05, 0.1) is 5.52 Å². The van der Waals surface area contributed by atoms with Crippen LogP contribution in [0.1, 0.15) is 18.4 Å². The molecule has 3 heteroatoms. The lowest BCUT2D eigenvalue weighted by molar-refractivity contribution is 0.732. The fraction of sp³-hybridized carbons (Fsp3) is 0.357. The van der Waals surface area contributed by atoms with E-state index in [1.54, 1.807) is 4.57 Å². The summed E-state index contributed by atoms with van der Waals surface area (Å²) in [5.74, 6) is 0. The standard InChI is InChI=1S/C14H18N2O/c1-16-13-8-3-2-6-11(13)10-12(14(16)17)7-4-5-9-15/h2-3,6,8,10H,4-5,7,9,15H2,1H3. The number of benzene rings is 1. The number of para-hydroxylation sites is 1. The molecule has 0 bridgehead atoms. The van der Waals surface area contributed by atoms with Crippen LogP contribution in [0.5, 0.6) is 0 Å². The Balaban J connectivity index is 2.43. The summed E-state index contributed by atoms with van der Waals surface area (Å²) in [6.07, 6.45) is 2.76. The summed E-state index contributed by atoms with van der Waals surface area (Å²) in [5, 5.41) is 1.12. The minimum Gasteiger partial charge on any atom is -0.330 e. The largest absolute Gasteiger partial charge is 0.330 e. The molecule has 0 saturated heterocycles. The first-order chi connectivity index (χ1) is 8.24. The first kappa shape index (κ1) is 11.9. The van der Waals surface area contributed by atoms with Crippen LogP contribution in [0.4, 0.5) is 0 Å². The van der Waals surface area contributed by atoms with Crippen molar-refractivity contribution >= 4 is 10.9 Å². The van der Waals surface area contributed by atoms with Crippen molar-refractivity contribution in [1.29, 1.82) is 0 Å². The normalized spacial score (nSPS) is 10.9. The molecule has 2 rings (SSSR count). The first-order valence-corrected chi connectivity index (χ1v) is 6.02. The van der Waals surface area contributed by atoms with Gasteiger partial charge in [0.15, 0.2) is 0 Å². The van der Waals surface area contributed by atoms with E-state index in [9.17, 15) is 4.79 Å². The molecule has 3 nitrogen and oxygen atoms in total. The second-order valence-electron chi connectivity index (χ2n) is 4.34. The van der Waals surface area contributed by atoms with Crippen LogP contribution in [0.3, 0.4) is 0 Å². The molecular formula is C14H18N2O. The van der Waals surface area contributed by atoms with E-state index in [0.29, 0.717) is 6.54 Å². The predicted octanol–water partition coefficient (Wildman–Crippen LogP) is 1.82. The third kappa shape index (κ3) is 2.39. The van der Waals surface area contributed by atoms with Crippen molar-refractivity contribution < 1.29 is 0 Å². The maximum Gasteiger partial charge on any atom is 0.253 e. The smallest absolute Gasteiger partial charge is 0.253 e. The molecule has 0 amide bonds. The fourth-order valence-corrected chi connectivity index (χ4v) is 2.13. The van der Waals surface area contributed by atoms with Crippen LogP contribution in [0.15, 0.2) is 35.1 Å². The fourth-order valence-electron chi connectivity index (χ4n) is 2.13. The number of aryl methyl sites for hydroxylation is 2. The number of nitrogens with zero attached hydrogens (tertiary/aromatic N) is 1. The van der Waals surface area contributed by atoms with Gasteiger partial charge in [-0.05, 0) is 43.3 Å². The third-order valence-electron chi connectivity index (χ3n) is 3.11. The van der Waals surface area contributed by atoms with Crippen LogP contribution < -0.4 is 11.3 Å². The minimum atomic E-state index is 0.112. The average molecular weight is 230 g/mol. The minimum absolute atomic E-state index is 0.112. The Bertz CT molecular complexity index is 572. The second kappa shape index (κ2) is 5.15.